The topological polar surface area (TPSA) is 120 Å². The molecular formula is C16H18N4O4S. The van der Waals surface area contributed by atoms with E-state index in [0.29, 0.717) is 16.7 Å². The van der Waals surface area contributed by atoms with Gasteiger partial charge in [0.25, 0.3) is 5.56 Å². The number of nitrogens with one attached hydrogen (secondary N) is 3. The second-order valence-corrected chi connectivity index (χ2v) is 6.96. The van der Waals surface area contributed by atoms with E-state index in [1.165, 1.54) is 11.8 Å². The summed E-state index contributed by atoms with van der Waals surface area (Å²) < 4.78 is 5.49. The van der Waals surface area contributed by atoms with Crippen LogP contribution in [0, 0.1) is 0 Å². The molecule has 0 saturated carbocycles. The number of hydrogen-bond donors (Lipinski definition) is 5. The average Bonchev–Trinajstić information content (AvgIpc) is 2.63. The zero-order chi connectivity index (χ0) is 17.4. The molecule has 1 fully saturated rings. The van der Waals surface area contributed by atoms with Crippen LogP contribution in [0.1, 0.15) is 5.56 Å². The molecule has 4 atom stereocenters. The average molecular weight is 362 g/mol. The number of fused-ring (bicyclic) bond motifs is 2. The van der Waals surface area contributed by atoms with Gasteiger partial charge in [-0.1, -0.05) is 42.1 Å². The van der Waals surface area contributed by atoms with E-state index in [9.17, 15) is 15.0 Å². The maximum Gasteiger partial charge on any atom is 0.277 e. The monoisotopic (exact) mass is 362 g/mol. The molecule has 25 heavy (non-hydrogen) atoms. The highest BCUT2D eigenvalue weighted by Crippen LogP contribution is 2.30. The quantitative estimate of drug-likeness (QED) is 0.392. The first-order valence-corrected chi connectivity index (χ1v) is 8.92. The second kappa shape index (κ2) is 6.68. The van der Waals surface area contributed by atoms with Gasteiger partial charge in [-0.2, -0.15) is 0 Å². The van der Waals surface area contributed by atoms with Crippen LogP contribution in [-0.4, -0.2) is 51.3 Å². The molecule has 0 amide bonds. The van der Waals surface area contributed by atoms with Crippen LogP contribution in [0.4, 0.5) is 11.5 Å². The van der Waals surface area contributed by atoms with Crippen LogP contribution in [-0.2, 0) is 10.5 Å². The Morgan fingerprint density at radius 3 is 2.84 bits per heavy atom. The minimum Gasteiger partial charge on any atom is -0.388 e. The number of aliphatic hydroxyl groups is 2. The number of ether oxygens (including phenoxy) is 1. The zero-order valence-electron chi connectivity index (χ0n) is 13.2. The molecule has 1 saturated heterocycles. The number of nitrogens with zero attached hydrogens (tertiary/aromatic N) is 1. The normalized spacial score (nSPS) is 27.6. The van der Waals surface area contributed by atoms with Crippen molar-refractivity contribution in [1.29, 1.82) is 0 Å². The van der Waals surface area contributed by atoms with E-state index < -0.39 is 24.5 Å². The molecule has 2 aromatic rings. The SMILES string of the molecule is O=c1[nH]c(SCc2ccccc2)nc2c1NC1C(N2)OC[C@H](O)[C@@H]1O. The molecule has 5 N–H and O–H groups in total. The number of thioether (sulfide) groups is 1. The lowest BCUT2D eigenvalue weighted by molar-refractivity contribution is -0.121. The van der Waals surface area contributed by atoms with Gasteiger partial charge in [0.15, 0.2) is 17.2 Å². The fraction of sp³-hybridized carbons (Fsp3) is 0.375. The predicted molar refractivity (Wildman–Crippen MR) is 93.6 cm³/mol. The molecule has 4 rings (SSSR count). The number of aromatic amines is 1. The second-order valence-electron chi connectivity index (χ2n) is 6.00. The highest BCUT2D eigenvalue weighted by atomic mass is 32.2. The predicted octanol–water partition coefficient (Wildman–Crippen LogP) is 0.346. The fourth-order valence-electron chi connectivity index (χ4n) is 2.90. The van der Waals surface area contributed by atoms with E-state index in [2.05, 4.69) is 20.6 Å². The lowest BCUT2D eigenvalue weighted by Crippen LogP contribution is -2.61. The van der Waals surface area contributed by atoms with E-state index in [4.69, 9.17) is 4.74 Å². The van der Waals surface area contributed by atoms with Gasteiger partial charge in [-0.3, -0.25) is 9.78 Å². The highest BCUT2D eigenvalue weighted by Gasteiger charge is 2.42. The van der Waals surface area contributed by atoms with Crippen molar-refractivity contribution in [2.45, 2.75) is 35.4 Å². The van der Waals surface area contributed by atoms with E-state index >= 15 is 0 Å². The van der Waals surface area contributed by atoms with Crippen LogP contribution in [0.15, 0.2) is 40.3 Å². The van der Waals surface area contributed by atoms with Crippen molar-refractivity contribution in [1.82, 2.24) is 9.97 Å². The summed E-state index contributed by atoms with van der Waals surface area (Å²) in [6, 6.07) is 9.28. The largest absolute Gasteiger partial charge is 0.388 e. The molecule has 9 heteroatoms. The van der Waals surface area contributed by atoms with E-state index in [1.807, 2.05) is 30.3 Å². The Morgan fingerprint density at radius 1 is 1.24 bits per heavy atom. The highest BCUT2D eigenvalue weighted by molar-refractivity contribution is 7.98. The molecular weight excluding hydrogens is 344 g/mol. The number of benzene rings is 1. The molecule has 0 bridgehead atoms. The van der Waals surface area contributed by atoms with Crippen molar-refractivity contribution >= 4 is 23.3 Å². The first-order valence-electron chi connectivity index (χ1n) is 7.93. The minimum atomic E-state index is -1.04. The van der Waals surface area contributed by atoms with Gasteiger partial charge in [-0.15, -0.1) is 0 Å². The van der Waals surface area contributed by atoms with Crippen LogP contribution in [0.2, 0.25) is 0 Å². The minimum absolute atomic E-state index is 0.0190. The Kier molecular flexibility index (Phi) is 4.38. The Morgan fingerprint density at radius 2 is 2.04 bits per heavy atom. The van der Waals surface area contributed by atoms with Crippen molar-refractivity contribution in [2.75, 3.05) is 17.2 Å². The van der Waals surface area contributed by atoms with Gasteiger partial charge in [0, 0.05) is 5.75 Å². The molecule has 2 unspecified atom stereocenters. The maximum atomic E-state index is 12.4. The van der Waals surface area contributed by atoms with Gasteiger partial charge < -0.3 is 25.6 Å². The van der Waals surface area contributed by atoms with Crippen LogP contribution in [0.3, 0.4) is 0 Å². The smallest absolute Gasteiger partial charge is 0.277 e. The lowest BCUT2D eigenvalue weighted by atomic mass is 9.99. The number of aliphatic hydroxyl groups excluding tert-OH is 2. The van der Waals surface area contributed by atoms with Gasteiger partial charge in [0.1, 0.15) is 17.9 Å². The lowest BCUT2D eigenvalue weighted by Gasteiger charge is -2.42. The van der Waals surface area contributed by atoms with Crippen molar-refractivity contribution in [3.63, 3.8) is 0 Å². The van der Waals surface area contributed by atoms with Crippen molar-refractivity contribution in [3.05, 3.63) is 46.2 Å². The maximum absolute atomic E-state index is 12.4. The Hall–Kier alpha value is -2.07. The Labute approximate surface area is 147 Å². The first-order chi connectivity index (χ1) is 12.1. The van der Waals surface area contributed by atoms with Gasteiger partial charge in [0.05, 0.1) is 12.6 Å². The van der Waals surface area contributed by atoms with Crippen molar-refractivity contribution < 1.29 is 14.9 Å². The summed E-state index contributed by atoms with van der Waals surface area (Å²) in [5, 5.41) is 26.3. The first kappa shape index (κ1) is 16.4. The van der Waals surface area contributed by atoms with Crippen molar-refractivity contribution in [3.8, 4) is 0 Å². The van der Waals surface area contributed by atoms with E-state index in [-0.39, 0.29) is 17.9 Å². The summed E-state index contributed by atoms with van der Waals surface area (Å²) in [4.78, 5) is 19.5. The molecule has 1 aromatic heterocycles. The summed E-state index contributed by atoms with van der Waals surface area (Å²) in [5.41, 5.74) is 1.03. The van der Waals surface area contributed by atoms with Crippen LogP contribution < -0.4 is 16.2 Å². The number of anilines is 2. The van der Waals surface area contributed by atoms with Crippen LogP contribution in [0.5, 0.6) is 0 Å². The summed E-state index contributed by atoms with van der Waals surface area (Å²) in [5.74, 6) is 1.06. The standard InChI is InChI=1S/C16H18N4O4S/c21-9-6-24-15-10(12(9)22)17-11-13(18-15)19-16(20-14(11)23)25-7-8-4-2-1-3-5-8/h1-5,9-10,12,15,17,21-22H,6-7H2,(H2,18,19,20,23)/t9-,10?,12-,15?/m0/s1. The molecule has 0 aliphatic carbocycles. The molecule has 8 nitrogen and oxygen atoms in total. The van der Waals surface area contributed by atoms with Crippen LogP contribution in [0.25, 0.3) is 0 Å². The fourth-order valence-corrected chi connectivity index (χ4v) is 3.72. The molecule has 3 heterocycles. The Balaban J connectivity index is 1.55. The number of H-pyrrole nitrogens is 1. The summed E-state index contributed by atoms with van der Waals surface area (Å²) in [7, 11) is 0. The summed E-state index contributed by atoms with van der Waals surface area (Å²) in [6.45, 7) is 0.0190. The molecule has 2 aliphatic heterocycles. The number of rotatable bonds is 3. The molecule has 132 valence electrons. The number of aromatic nitrogens is 2. The molecule has 0 spiro atoms. The summed E-state index contributed by atoms with van der Waals surface area (Å²) in [6.07, 6.45) is -2.59. The van der Waals surface area contributed by atoms with Gasteiger partial charge in [0.2, 0.25) is 0 Å². The third-order valence-electron chi connectivity index (χ3n) is 4.24. The molecule has 0 radical (unpaired) electrons. The zero-order valence-corrected chi connectivity index (χ0v) is 14.0. The third kappa shape index (κ3) is 3.23. The summed E-state index contributed by atoms with van der Waals surface area (Å²) >= 11 is 1.43. The van der Waals surface area contributed by atoms with Gasteiger partial charge in [-0.05, 0) is 5.56 Å². The Bertz CT molecular complexity index is 816. The van der Waals surface area contributed by atoms with Crippen LogP contribution >= 0.6 is 11.8 Å². The van der Waals surface area contributed by atoms with Crippen molar-refractivity contribution in [2.24, 2.45) is 0 Å². The third-order valence-corrected chi connectivity index (χ3v) is 5.19. The molecule has 2 aliphatic rings. The molecule has 1 aromatic carbocycles. The van der Waals surface area contributed by atoms with Gasteiger partial charge in [-0.25, -0.2) is 4.98 Å². The van der Waals surface area contributed by atoms with E-state index in [1.54, 1.807) is 0 Å². The van der Waals surface area contributed by atoms with E-state index in [0.717, 1.165) is 5.56 Å². The van der Waals surface area contributed by atoms with Gasteiger partial charge >= 0.3 is 0 Å². The number of hydrogen-bond acceptors (Lipinski definition) is 8.